The van der Waals surface area contributed by atoms with Crippen molar-refractivity contribution in [2.24, 2.45) is 0 Å². The highest BCUT2D eigenvalue weighted by atomic mass is 14.9. The zero-order valence-electron chi connectivity index (χ0n) is 12.0. The summed E-state index contributed by atoms with van der Waals surface area (Å²) in [6, 6.07) is 8.63. The smallest absolute Gasteiger partial charge is 0.130 e. The van der Waals surface area contributed by atoms with Crippen LogP contribution in [0.3, 0.4) is 0 Å². The lowest BCUT2D eigenvalue weighted by atomic mass is 9.77. The fraction of sp³-hybridized carbons (Fsp3) is 0.412. The first-order valence-electron chi connectivity index (χ1n) is 7.50. The zero-order chi connectivity index (χ0) is 13.9. The minimum Gasteiger partial charge on any atom is -0.383 e. The monoisotopic (exact) mass is 267 g/mol. The Hall–Kier alpha value is -1.90. The van der Waals surface area contributed by atoms with E-state index in [9.17, 15) is 0 Å². The Kier molecular flexibility index (Phi) is 3.68. The molecule has 1 heterocycles. The Morgan fingerprint density at radius 2 is 2.00 bits per heavy atom. The lowest BCUT2D eigenvalue weighted by Crippen LogP contribution is -2.11. The van der Waals surface area contributed by atoms with Gasteiger partial charge in [0.1, 0.15) is 12.1 Å². The van der Waals surface area contributed by atoms with Crippen molar-refractivity contribution in [3.05, 3.63) is 41.7 Å². The van der Waals surface area contributed by atoms with E-state index in [0.717, 1.165) is 24.1 Å². The van der Waals surface area contributed by atoms with Crippen LogP contribution in [0.4, 0.5) is 5.82 Å². The van der Waals surface area contributed by atoms with E-state index in [-0.39, 0.29) is 0 Å². The minimum absolute atomic E-state index is 0.625. The number of anilines is 1. The van der Waals surface area contributed by atoms with E-state index in [1.54, 1.807) is 6.33 Å². The van der Waals surface area contributed by atoms with Crippen LogP contribution in [0.5, 0.6) is 0 Å². The quantitative estimate of drug-likeness (QED) is 0.912. The van der Waals surface area contributed by atoms with Gasteiger partial charge in [-0.2, -0.15) is 0 Å². The lowest BCUT2D eigenvalue weighted by molar-refractivity contribution is 0.420. The van der Waals surface area contributed by atoms with E-state index >= 15 is 0 Å². The summed E-state index contributed by atoms with van der Waals surface area (Å²) in [5.41, 5.74) is 10.9. The lowest BCUT2D eigenvalue weighted by Gasteiger charge is -2.28. The van der Waals surface area contributed by atoms with Crippen molar-refractivity contribution in [3.63, 3.8) is 0 Å². The number of nitrogens with zero attached hydrogens (tertiary/aromatic N) is 2. The second kappa shape index (κ2) is 5.61. The Morgan fingerprint density at radius 3 is 2.70 bits per heavy atom. The molecule has 0 bridgehead atoms. The summed E-state index contributed by atoms with van der Waals surface area (Å²) in [4.78, 5) is 8.70. The van der Waals surface area contributed by atoms with Crippen molar-refractivity contribution in [2.45, 2.75) is 44.9 Å². The molecule has 1 aromatic heterocycles. The predicted molar refractivity (Wildman–Crippen MR) is 82.5 cm³/mol. The second-order valence-electron chi connectivity index (χ2n) is 5.55. The molecule has 1 aliphatic carbocycles. The third-order valence-electron chi connectivity index (χ3n) is 4.24. The third-order valence-corrected chi connectivity index (χ3v) is 4.24. The molecule has 1 aliphatic rings. The molecule has 2 N–H and O–H groups in total. The van der Waals surface area contributed by atoms with Crippen LogP contribution >= 0.6 is 0 Å². The number of benzene rings is 1. The van der Waals surface area contributed by atoms with Gasteiger partial charge in [-0.3, -0.25) is 0 Å². The first-order valence-corrected chi connectivity index (χ1v) is 7.50. The average Bonchev–Trinajstić information content (AvgIpc) is 2.40. The molecule has 2 aromatic rings. The fourth-order valence-corrected chi connectivity index (χ4v) is 2.94. The molecule has 1 saturated carbocycles. The second-order valence-corrected chi connectivity index (χ2v) is 5.55. The molecule has 0 amide bonds. The number of hydrogen-bond donors (Lipinski definition) is 1. The first kappa shape index (κ1) is 13.1. The van der Waals surface area contributed by atoms with Crippen LogP contribution in [0.2, 0.25) is 0 Å². The zero-order valence-corrected chi connectivity index (χ0v) is 12.0. The van der Waals surface area contributed by atoms with E-state index in [1.165, 1.54) is 30.4 Å². The van der Waals surface area contributed by atoms with Gasteiger partial charge in [0, 0.05) is 11.1 Å². The Balaban J connectivity index is 2.11. The van der Waals surface area contributed by atoms with E-state index in [0.29, 0.717) is 11.7 Å². The highest BCUT2D eigenvalue weighted by molar-refractivity contribution is 5.71. The van der Waals surface area contributed by atoms with Crippen LogP contribution in [0, 0.1) is 0 Å². The van der Waals surface area contributed by atoms with Gasteiger partial charge in [0.15, 0.2) is 0 Å². The van der Waals surface area contributed by atoms with Gasteiger partial charge in [0.25, 0.3) is 0 Å². The molecule has 0 saturated heterocycles. The van der Waals surface area contributed by atoms with Gasteiger partial charge in [-0.1, -0.05) is 44.0 Å². The van der Waals surface area contributed by atoms with Crippen LogP contribution in [-0.2, 0) is 6.42 Å². The molecule has 1 fully saturated rings. The predicted octanol–water partition coefficient (Wildman–Crippen LogP) is 3.95. The fourth-order valence-electron chi connectivity index (χ4n) is 2.94. The van der Waals surface area contributed by atoms with Crippen molar-refractivity contribution in [1.82, 2.24) is 9.97 Å². The van der Waals surface area contributed by atoms with Crippen molar-refractivity contribution in [1.29, 1.82) is 0 Å². The molecule has 3 nitrogen and oxygen atoms in total. The van der Waals surface area contributed by atoms with E-state index < -0.39 is 0 Å². The van der Waals surface area contributed by atoms with Crippen LogP contribution in [0.25, 0.3) is 11.3 Å². The number of rotatable bonds is 4. The molecule has 104 valence electrons. The molecule has 0 radical (unpaired) electrons. The van der Waals surface area contributed by atoms with Crippen LogP contribution in [0.1, 0.15) is 49.7 Å². The number of nitrogens with two attached hydrogens (primary N) is 1. The third kappa shape index (κ3) is 2.28. The maximum absolute atomic E-state index is 6.07. The highest BCUT2D eigenvalue weighted by Crippen LogP contribution is 2.41. The topological polar surface area (TPSA) is 51.8 Å². The summed E-state index contributed by atoms with van der Waals surface area (Å²) in [7, 11) is 0. The van der Waals surface area contributed by atoms with Crippen molar-refractivity contribution >= 4 is 5.82 Å². The molecule has 3 rings (SSSR count). The van der Waals surface area contributed by atoms with Gasteiger partial charge in [0.2, 0.25) is 0 Å². The van der Waals surface area contributed by atoms with Gasteiger partial charge < -0.3 is 5.73 Å². The summed E-state index contributed by atoms with van der Waals surface area (Å²) < 4.78 is 0. The molecular formula is C17H21N3. The van der Waals surface area contributed by atoms with E-state index in [2.05, 4.69) is 41.2 Å². The summed E-state index contributed by atoms with van der Waals surface area (Å²) >= 11 is 0. The number of nitrogen functional groups attached to an aromatic ring is 1. The van der Waals surface area contributed by atoms with E-state index in [1.807, 2.05) is 0 Å². The van der Waals surface area contributed by atoms with Gasteiger partial charge in [0.05, 0.1) is 5.69 Å². The molecular weight excluding hydrogens is 246 g/mol. The van der Waals surface area contributed by atoms with Crippen LogP contribution in [-0.4, -0.2) is 9.97 Å². The van der Waals surface area contributed by atoms with Gasteiger partial charge in [-0.25, -0.2) is 9.97 Å². The maximum Gasteiger partial charge on any atom is 0.130 e. The Morgan fingerprint density at radius 1 is 1.20 bits per heavy atom. The Labute approximate surface area is 120 Å². The maximum atomic E-state index is 6.07. The highest BCUT2D eigenvalue weighted by Gasteiger charge is 2.23. The normalized spacial score (nSPS) is 15.1. The molecule has 20 heavy (non-hydrogen) atoms. The van der Waals surface area contributed by atoms with Crippen molar-refractivity contribution < 1.29 is 0 Å². The van der Waals surface area contributed by atoms with Crippen LogP contribution in [0.15, 0.2) is 30.6 Å². The van der Waals surface area contributed by atoms with Crippen LogP contribution < -0.4 is 5.73 Å². The molecule has 0 atom stereocenters. The SMILES string of the molecule is CCCc1c(N)ncnc1-c1ccccc1C1CCC1. The van der Waals surface area contributed by atoms with E-state index in [4.69, 9.17) is 5.73 Å². The number of aromatic nitrogens is 2. The molecule has 0 unspecified atom stereocenters. The summed E-state index contributed by atoms with van der Waals surface area (Å²) in [5.74, 6) is 1.32. The van der Waals surface area contributed by atoms with Gasteiger partial charge in [-0.15, -0.1) is 0 Å². The van der Waals surface area contributed by atoms with Crippen molar-refractivity contribution in [3.8, 4) is 11.3 Å². The summed E-state index contributed by atoms with van der Waals surface area (Å²) in [5, 5.41) is 0. The Bertz CT molecular complexity index is 603. The minimum atomic E-state index is 0.625. The standard InChI is InChI=1S/C17H21N3/c1-2-6-15-16(19-11-20-17(15)18)14-10-4-3-9-13(14)12-7-5-8-12/h3-4,9-12H,2,5-8H2,1H3,(H2,18,19,20). The summed E-state index contributed by atoms with van der Waals surface area (Å²) in [6.07, 6.45) is 7.49. The largest absolute Gasteiger partial charge is 0.383 e. The molecule has 0 aliphatic heterocycles. The first-order chi connectivity index (χ1) is 9.81. The molecule has 3 heteroatoms. The summed E-state index contributed by atoms with van der Waals surface area (Å²) in [6.45, 7) is 2.16. The average molecular weight is 267 g/mol. The molecule has 1 aromatic carbocycles. The van der Waals surface area contributed by atoms with Gasteiger partial charge in [-0.05, 0) is 30.7 Å². The van der Waals surface area contributed by atoms with Crippen molar-refractivity contribution in [2.75, 3.05) is 5.73 Å². The number of hydrogen-bond acceptors (Lipinski definition) is 3. The van der Waals surface area contributed by atoms with Gasteiger partial charge >= 0.3 is 0 Å². The molecule has 0 spiro atoms.